The number of benzene rings is 2. The molecule has 2 aromatic rings. The van der Waals surface area contributed by atoms with Crippen molar-refractivity contribution in [2.45, 2.75) is 50.7 Å². The Hall–Kier alpha value is -2.30. The fraction of sp³-hybridized carbons (Fsp3) is 0.462. The van der Waals surface area contributed by atoms with E-state index in [1.807, 2.05) is 0 Å². The lowest BCUT2D eigenvalue weighted by molar-refractivity contribution is 0.263. The van der Waals surface area contributed by atoms with Crippen LogP contribution in [0.5, 0.6) is 11.5 Å². The summed E-state index contributed by atoms with van der Waals surface area (Å²) < 4.78 is 22.1. The summed E-state index contributed by atoms with van der Waals surface area (Å²) in [4.78, 5) is 0. The van der Waals surface area contributed by atoms with Gasteiger partial charge in [-0.1, -0.05) is 31.2 Å². The van der Waals surface area contributed by atoms with Crippen molar-refractivity contribution in [2.24, 2.45) is 0 Å². The highest BCUT2D eigenvalue weighted by atomic mass is 16.6. The van der Waals surface area contributed by atoms with Crippen LogP contribution in [0.3, 0.4) is 0 Å². The Morgan fingerprint density at radius 1 is 0.900 bits per heavy atom. The third-order valence-electron chi connectivity index (χ3n) is 6.24. The maximum atomic E-state index is 5.87. The molecule has 0 aromatic heterocycles. The molecule has 2 heterocycles. The van der Waals surface area contributed by atoms with E-state index in [9.17, 15) is 0 Å². The normalized spacial score (nSPS) is 24.8. The molecule has 0 spiro atoms. The van der Waals surface area contributed by atoms with Crippen molar-refractivity contribution in [1.29, 1.82) is 0 Å². The minimum absolute atomic E-state index is 0.292. The third kappa shape index (κ3) is 4.88. The molecule has 158 valence electrons. The first-order valence-corrected chi connectivity index (χ1v) is 11.2. The molecule has 3 atom stereocenters. The molecule has 3 aliphatic rings. The SMILES string of the molecule is CCc1cc(OCC2CO2)ccc1C1=CCC(c2ccc(OCC3CO3)cc2)CC1. The molecular formula is C26H30O4. The maximum absolute atomic E-state index is 5.87. The summed E-state index contributed by atoms with van der Waals surface area (Å²) in [5.41, 5.74) is 5.64. The summed E-state index contributed by atoms with van der Waals surface area (Å²) in [5.74, 6) is 2.47. The van der Waals surface area contributed by atoms with Crippen LogP contribution in [-0.2, 0) is 15.9 Å². The van der Waals surface area contributed by atoms with Gasteiger partial charge in [-0.25, -0.2) is 0 Å². The lowest BCUT2D eigenvalue weighted by Crippen LogP contribution is -2.07. The van der Waals surface area contributed by atoms with Crippen LogP contribution in [0.4, 0.5) is 0 Å². The Balaban J connectivity index is 1.21. The first-order chi connectivity index (χ1) is 14.8. The quantitative estimate of drug-likeness (QED) is 0.540. The molecule has 4 nitrogen and oxygen atoms in total. The van der Waals surface area contributed by atoms with Gasteiger partial charge in [-0.05, 0) is 78.1 Å². The lowest BCUT2D eigenvalue weighted by atomic mass is 9.81. The molecule has 2 aliphatic heterocycles. The Labute approximate surface area is 178 Å². The number of rotatable bonds is 9. The van der Waals surface area contributed by atoms with Crippen LogP contribution < -0.4 is 9.47 Å². The molecule has 0 saturated carbocycles. The van der Waals surface area contributed by atoms with E-state index in [1.54, 1.807) is 0 Å². The lowest BCUT2D eigenvalue weighted by Gasteiger charge is -2.24. The van der Waals surface area contributed by atoms with Crippen molar-refractivity contribution < 1.29 is 18.9 Å². The van der Waals surface area contributed by atoms with E-state index < -0.39 is 0 Å². The minimum Gasteiger partial charge on any atom is -0.491 e. The van der Waals surface area contributed by atoms with E-state index in [0.717, 1.165) is 44.0 Å². The Bertz CT molecular complexity index is 894. The zero-order chi connectivity index (χ0) is 20.3. The molecule has 0 bridgehead atoms. The van der Waals surface area contributed by atoms with Crippen LogP contribution in [0.15, 0.2) is 48.5 Å². The number of hydrogen-bond acceptors (Lipinski definition) is 4. The van der Waals surface area contributed by atoms with Gasteiger partial charge in [0.15, 0.2) is 0 Å². The summed E-state index contributed by atoms with van der Waals surface area (Å²) in [5, 5.41) is 0. The fourth-order valence-corrected chi connectivity index (χ4v) is 4.19. The summed E-state index contributed by atoms with van der Waals surface area (Å²) >= 11 is 0. The van der Waals surface area contributed by atoms with Crippen LogP contribution in [0.25, 0.3) is 5.57 Å². The second kappa shape index (κ2) is 8.83. The summed E-state index contributed by atoms with van der Waals surface area (Å²) in [6, 6.07) is 15.2. The zero-order valence-electron chi connectivity index (χ0n) is 17.6. The summed E-state index contributed by atoms with van der Waals surface area (Å²) in [7, 11) is 0. The van der Waals surface area contributed by atoms with Gasteiger partial charge in [0, 0.05) is 0 Å². The molecular weight excluding hydrogens is 376 g/mol. The molecule has 0 N–H and O–H groups in total. The largest absolute Gasteiger partial charge is 0.491 e. The molecule has 2 saturated heterocycles. The second-order valence-electron chi connectivity index (χ2n) is 8.47. The van der Waals surface area contributed by atoms with Gasteiger partial charge in [-0.15, -0.1) is 0 Å². The average Bonchev–Trinajstić information content (AvgIpc) is 3.71. The number of allylic oxidation sites excluding steroid dienone is 2. The summed E-state index contributed by atoms with van der Waals surface area (Å²) in [6.45, 7) is 5.20. The smallest absolute Gasteiger partial charge is 0.119 e. The van der Waals surface area contributed by atoms with Gasteiger partial charge in [-0.3, -0.25) is 0 Å². The topological polar surface area (TPSA) is 43.5 Å². The number of epoxide rings is 2. The van der Waals surface area contributed by atoms with Gasteiger partial charge in [0.25, 0.3) is 0 Å². The van der Waals surface area contributed by atoms with E-state index in [4.69, 9.17) is 18.9 Å². The molecule has 30 heavy (non-hydrogen) atoms. The van der Waals surface area contributed by atoms with E-state index in [2.05, 4.69) is 55.5 Å². The van der Waals surface area contributed by atoms with Crippen molar-refractivity contribution in [3.63, 3.8) is 0 Å². The van der Waals surface area contributed by atoms with Crippen molar-refractivity contribution >= 4 is 5.57 Å². The molecule has 1 aliphatic carbocycles. The monoisotopic (exact) mass is 406 g/mol. The first kappa shape index (κ1) is 19.7. The molecule has 2 aromatic carbocycles. The first-order valence-electron chi connectivity index (χ1n) is 11.2. The molecule has 0 radical (unpaired) electrons. The van der Waals surface area contributed by atoms with Gasteiger partial charge in [0.1, 0.15) is 36.9 Å². The van der Waals surface area contributed by atoms with Crippen molar-refractivity contribution in [1.82, 2.24) is 0 Å². The van der Waals surface area contributed by atoms with Crippen molar-refractivity contribution in [3.8, 4) is 11.5 Å². The zero-order valence-corrected chi connectivity index (χ0v) is 17.6. The highest BCUT2D eigenvalue weighted by molar-refractivity contribution is 5.70. The Morgan fingerprint density at radius 2 is 1.57 bits per heavy atom. The van der Waals surface area contributed by atoms with E-state index >= 15 is 0 Å². The van der Waals surface area contributed by atoms with Crippen LogP contribution in [0.1, 0.15) is 48.8 Å². The number of ether oxygens (including phenoxy) is 4. The van der Waals surface area contributed by atoms with Gasteiger partial charge >= 0.3 is 0 Å². The average molecular weight is 407 g/mol. The molecule has 4 heteroatoms. The molecule has 3 unspecified atom stereocenters. The second-order valence-corrected chi connectivity index (χ2v) is 8.47. The predicted molar refractivity (Wildman–Crippen MR) is 117 cm³/mol. The highest BCUT2D eigenvalue weighted by Crippen LogP contribution is 2.38. The highest BCUT2D eigenvalue weighted by Gasteiger charge is 2.24. The maximum Gasteiger partial charge on any atom is 0.119 e. The van der Waals surface area contributed by atoms with Crippen LogP contribution in [0.2, 0.25) is 0 Å². The van der Waals surface area contributed by atoms with Crippen molar-refractivity contribution in [2.75, 3.05) is 26.4 Å². The van der Waals surface area contributed by atoms with E-state index in [1.165, 1.54) is 28.7 Å². The Kier molecular flexibility index (Phi) is 5.78. The third-order valence-corrected chi connectivity index (χ3v) is 6.24. The van der Waals surface area contributed by atoms with Crippen molar-refractivity contribution in [3.05, 3.63) is 65.2 Å². The number of aryl methyl sites for hydroxylation is 1. The minimum atomic E-state index is 0.292. The van der Waals surface area contributed by atoms with Crippen LogP contribution in [0, 0.1) is 0 Å². The predicted octanol–water partition coefficient (Wildman–Crippen LogP) is 5.16. The van der Waals surface area contributed by atoms with Gasteiger partial charge < -0.3 is 18.9 Å². The molecule has 5 rings (SSSR count). The van der Waals surface area contributed by atoms with Gasteiger partial charge in [-0.2, -0.15) is 0 Å². The number of hydrogen-bond donors (Lipinski definition) is 0. The van der Waals surface area contributed by atoms with Crippen LogP contribution >= 0.6 is 0 Å². The molecule has 2 fully saturated rings. The Morgan fingerprint density at radius 3 is 2.17 bits per heavy atom. The van der Waals surface area contributed by atoms with Gasteiger partial charge in [0.2, 0.25) is 0 Å². The van der Waals surface area contributed by atoms with E-state index in [-0.39, 0.29) is 0 Å². The fourth-order valence-electron chi connectivity index (χ4n) is 4.19. The molecule has 0 amide bonds. The van der Waals surface area contributed by atoms with E-state index in [0.29, 0.717) is 31.3 Å². The summed E-state index contributed by atoms with van der Waals surface area (Å²) in [6.07, 6.45) is 7.43. The van der Waals surface area contributed by atoms with Crippen LogP contribution in [-0.4, -0.2) is 38.6 Å². The standard InChI is InChI=1S/C26H30O4/c1-2-18-13-23(28-15-25-17-30-25)11-12-26(18)21-5-3-19(4-6-21)20-7-9-22(10-8-20)27-14-24-16-29-24/h5,7-13,19,24-25H,2-4,6,14-17H2,1H3. The van der Waals surface area contributed by atoms with Gasteiger partial charge in [0.05, 0.1) is 13.2 Å².